The van der Waals surface area contributed by atoms with Gasteiger partial charge in [0, 0.05) is 142 Å². The molecule has 23 aromatic carbocycles. The summed E-state index contributed by atoms with van der Waals surface area (Å²) in [6.45, 7) is 0. The van der Waals surface area contributed by atoms with Gasteiger partial charge in [0.25, 0.3) is 0 Å². The van der Waals surface area contributed by atoms with E-state index >= 15 is 0 Å². The second-order valence-electron chi connectivity index (χ2n) is 36.3. The third kappa shape index (κ3) is 15.7. The average molecular weight is 1850 g/mol. The highest BCUT2D eigenvalue weighted by atomic mass is 32.1. The smallest absolute Gasteiger partial charge is 0.0547 e. The van der Waals surface area contributed by atoms with Crippen LogP contribution in [0.2, 0.25) is 0 Å². The monoisotopic (exact) mass is 1850 g/mol. The van der Waals surface area contributed by atoms with E-state index in [0.717, 1.165) is 113 Å². The van der Waals surface area contributed by atoms with Gasteiger partial charge in [-0.3, -0.25) is 0 Å². The topological polar surface area (TPSA) is 22.8 Å². The summed E-state index contributed by atoms with van der Waals surface area (Å²) >= 11 is 3.70. The van der Waals surface area contributed by atoms with Gasteiger partial charge in [-0.1, -0.05) is 328 Å². The van der Waals surface area contributed by atoms with Crippen molar-refractivity contribution in [2.75, 3.05) is 19.6 Å². The van der Waals surface area contributed by atoms with Crippen LogP contribution in [0.25, 0.3) is 173 Å². The lowest BCUT2D eigenvalue weighted by atomic mass is 9.96. The molecule has 0 atom stereocenters. The van der Waals surface area contributed by atoms with Gasteiger partial charge in [-0.25, -0.2) is 0 Å². The molecule has 0 spiro atoms. The minimum Gasteiger partial charge on any atom is -0.310 e. The fraction of sp³-hybridized carbons (Fsp3) is 0. The molecule has 0 fully saturated rings. The summed E-state index contributed by atoms with van der Waals surface area (Å²) in [7, 11) is 0. The third-order valence-corrected chi connectivity index (χ3v) is 30.1. The molecule has 4 aromatic heterocycles. The summed E-state index contributed by atoms with van der Waals surface area (Å²) < 4.78 is 9.93. The first-order chi connectivity index (χ1) is 70.4. The molecular formula is C134H90N6S2. The average Bonchev–Trinajstić information content (AvgIpc) is 1.58. The van der Waals surface area contributed by atoms with Gasteiger partial charge < -0.3 is 28.7 Å². The predicted octanol–water partition coefficient (Wildman–Crippen LogP) is 38.8. The second kappa shape index (κ2) is 36.4. The van der Waals surface area contributed by atoms with Crippen LogP contribution in [0, 0.1) is 0 Å². The molecule has 0 aliphatic rings. The molecule has 0 saturated carbocycles. The van der Waals surface area contributed by atoms with E-state index in [-0.39, 0.29) is 0 Å². The van der Waals surface area contributed by atoms with E-state index < -0.39 is 0 Å². The molecule has 0 radical (unpaired) electrons. The summed E-state index contributed by atoms with van der Waals surface area (Å²) in [5.74, 6) is 0. The molecule has 0 saturated heterocycles. The second-order valence-corrected chi connectivity index (χ2v) is 38.5. The normalized spacial score (nSPS) is 11.5. The van der Waals surface area contributed by atoms with Gasteiger partial charge in [-0.2, -0.15) is 0 Å². The lowest BCUT2D eigenvalue weighted by Crippen LogP contribution is -2.13. The molecular weight excluding hydrogens is 1760 g/mol. The van der Waals surface area contributed by atoms with Gasteiger partial charge in [0.05, 0.1) is 22.1 Å². The van der Waals surface area contributed by atoms with E-state index in [2.05, 4.69) is 575 Å². The highest BCUT2D eigenvalue weighted by Gasteiger charge is 2.26. The highest BCUT2D eigenvalue weighted by molar-refractivity contribution is 7.26. The number of rotatable bonds is 19. The third-order valence-electron chi connectivity index (χ3n) is 27.8. The van der Waals surface area contributed by atoms with Crippen LogP contribution in [0.4, 0.5) is 68.2 Å². The van der Waals surface area contributed by atoms with Crippen LogP contribution in [0.1, 0.15) is 0 Å². The zero-order chi connectivity index (χ0) is 93.9. The van der Waals surface area contributed by atoms with Gasteiger partial charge in [-0.05, 0) is 296 Å². The summed E-state index contributed by atoms with van der Waals surface area (Å²) in [6, 6.07) is 199. The number of hydrogen-bond donors (Lipinski definition) is 0. The number of thiophene rings is 2. The Morgan fingerprint density at radius 3 is 0.958 bits per heavy atom. The van der Waals surface area contributed by atoms with Crippen molar-refractivity contribution in [1.29, 1.82) is 0 Å². The number of hydrogen-bond acceptors (Lipinski definition) is 6. The Balaban J connectivity index is 0.000000146. The zero-order valence-corrected chi connectivity index (χ0v) is 79.1. The minimum absolute atomic E-state index is 1.05. The van der Waals surface area contributed by atoms with Crippen molar-refractivity contribution < 1.29 is 0 Å². The van der Waals surface area contributed by atoms with Crippen LogP contribution >= 0.6 is 22.7 Å². The first-order valence-electron chi connectivity index (χ1n) is 48.4. The van der Waals surface area contributed by atoms with Gasteiger partial charge in [0.2, 0.25) is 0 Å². The summed E-state index contributed by atoms with van der Waals surface area (Å²) in [5, 5.41) is 15.0. The Bertz CT molecular complexity index is 9450. The van der Waals surface area contributed by atoms with Crippen molar-refractivity contribution in [3.8, 4) is 67.0 Å². The predicted molar refractivity (Wildman–Crippen MR) is 608 cm³/mol. The molecule has 0 aliphatic carbocycles. The zero-order valence-electron chi connectivity index (χ0n) is 77.5. The quantitative estimate of drug-likeness (QED) is 0.0805. The number of aromatic nitrogens is 2. The van der Waals surface area contributed by atoms with Crippen LogP contribution in [-0.2, 0) is 0 Å². The molecule has 6 nitrogen and oxygen atoms in total. The molecule has 0 unspecified atom stereocenters. The van der Waals surface area contributed by atoms with E-state index in [4.69, 9.17) is 0 Å². The van der Waals surface area contributed by atoms with Crippen LogP contribution in [0.5, 0.6) is 0 Å². The van der Waals surface area contributed by atoms with E-state index in [1.54, 1.807) is 0 Å². The maximum atomic E-state index is 2.43. The Labute approximate surface area is 831 Å². The van der Waals surface area contributed by atoms with Crippen LogP contribution in [-0.4, -0.2) is 9.13 Å². The Kier molecular flexibility index (Phi) is 21.6. The van der Waals surface area contributed by atoms with Crippen molar-refractivity contribution in [2.45, 2.75) is 0 Å². The molecule has 668 valence electrons. The summed E-state index contributed by atoms with van der Waals surface area (Å²) in [6.07, 6.45) is 0. The van der Waals surface area contributed by atoms with E-state index in [9.17, 15) is 0 Å². The summed E-state index contributed by atoms with van der Waals surface area (Å²) in [4.78, 5) is 9.63. The molecule has 0 N–H and O–H groups in total. The van der Waals surface area contributed by atoms with Gasteiger partial charge >= 0.3 is 0 Å². The first-order valence-corrected chi connectivity index (χ1v) is 50.0. The molecule has 27 rings (SSSR count). The molecule has 0 aliphatic heterocycles. The maximum absolute atomic E-state index is 2.43. The Morgan fingerprint density at radius 2 is 0.444 bits per heavy atom. The fourth-order valence-electron chi connectivity index (χ4n) is 21.2. The minimum atomic E-state index is 1.05. The van der Waals surface area contributed by atoms with Crippen molar-refractivity contribution in [3.05, 3.63) is 546 Å². The van der Waals surface area contributed by atoms with Crippen molar-refractivity contribution in [3.63, 3.8) is 0 Å². The highest BCUT2D eigenvalue weighted by Crippen LogP contribution is 2.50. The number of fused-ring (bicyclic) bond motifs is 14. The maximum Gasteiger partial charge on any atom is 0.0547 e. The number of benzene rings is 23. The fourth-order valence-corrected chi connectivity index (χ4v) is 23.4. The van der Waals surface area contributed by atoms with Gasteiger partial charge in [-0.15, -0.1) is 22.7 Å². The molecule has 8 heteroatoms. The van der Waals surface area contributed by atoms with Crippen molar-refractivity contribution >= 4 is 196 Å². The van der Waals surface area contributed by atoms with Crippen LogP contribution in [0.3, 0.4) is 0 Å². The van der Waals surface area contributed by atoms with Crippen LogP contribution in [0.15, 0.2) is 546 Å². The summed E-state index contributed by atoms with van der Waals surface area (Å²) in [5.41, 5.74) is 31.6. The number of anilines is 12. The number of nitrogens with zero attached hydrogens (tertiary/aromatic N) is 6. The molecule has 4 heterocycles. The first kappa shape index (κ1) is 84.3. The molecule has 0 amide bonds. The van der Waals surface area contributed by atoms with E-state index in [1.807, 2.05) is 22.7 Å². The molecule has 27 aromatic rings. The standard InChI is InChI=1S/C70H47N3S.C64H43N3S/c1-4-18-48(19-5-1)54-41-55(52-35-34-49-20-10-11-21-50(49)40-52)44-62(43-54)71(56-23-6-2-7-24-56)59-28-17-29-60(46-59)72(61-37-39-70-66(47-61)65-31-13-15-33-69(65)74-70)58-27-16-22-51(42-58)53-36-38-64-63-30-12-14-32-67(63)73(68(64)45-53)57-25-8-3-9-26-57;1-3-19-48(20-4-1)65(50-35-32-45(33-36-50)56-29-14-17-44-16-7-8-26-55(44)56)52-24-15-25-53(42-52)66(54-37-39-64-60(43-54)59-28-10-12-31-63(59)68-64)51-23-13-18-46(40-51)47-34-38-58-57-27-9-11-30-61(57)67(62(58)41-47)49-21-5-2-6-22-49/h1-47H;1-43H. The SMILES string of the molecule is c1ccc(-c2cc(-c3ccc4ccccc4c3)cc(N(c3ccccc3)c3cccc(N(c4cccc(-c5ccc6c7ccccc7n(-c7ccccc7)c6c5)c4)c4ccc5sc6ccccc6c5c4)c3)c2)cc1.c1ccc(N(c2ccc(-c3cccc4ccccc34)cc2)c2cccc(N(c3cccc(-c4ccc5c6ccccc6n(-c6ccccc6)c5c4)c3)c3ccc4sc5ccccc5c4c3)c2)cc1. The lowest BCUT2D eigenvalue weighted by molar-refractivity contribution is 1.18. The van der Waals surface area contributed by atoms with Crippen molar-refractivity contribution in [2.24, 2.45) is 0 Å². The van der Waals surface area contributed by atoms with E-state index in [0.29, 0.717) is 0 Å². The molecule has 0 bridgehead atoms. The van der Waals surface area contributed by atoms with Crippen LogP contribution < -0.4 is 19.6 Å². The number of para-hydroxylation sites is 6. The van der Waals surface area contributed by atoms with Gasteiger partial charge in [0.15, 0.2) is 0 Å². The lowest BCUT2D eigenvalue weighted by Gasteiger charge is -2.30. The Morgan fingerprint density at radius 1 is 0.134 bits per heavy atom. The Hall–Kier alpha value is -18.2. The molecule has 142 heavy (non-hydrogen) atoms. The van der Waals surface area contributed by atoms with Gasteiger partial charge in [0.1, 0.15) is 0 Å². The van der Waals surface area contributed by atoms with E-state index in [1.165, 1.54) is 128 Å². The largest absolute Gasteiger partial charge is 0.310 e. The van der Waals surface area contributed by atoms with Crippen molar-refractivity contribution in [1.82, 2.24) is 9.13 Å².